The van der Waals surface area contributed by atoms with Crippen LogP contribution in [-0.4, -0.2) is 0 Å². The van der Waals surface area contributed by atoms with Crippen molar-refractivity contribution in [3.8, 4) is 5.75 Å². The van der Waals surface area contributed by atoms with Crippen LogP contribution in [0.2, 0.25) is 5.02 Å². The molecule has 0 atom stereocenters. The first-order valence-corrected chi connectivity index (χ1v) is 6.90. The fourth-order valence-electron chi connectivity index (χ4n) is 1.56. The second kappa shape index (κ2) is 6.21. The van der Waals surface area contributed by atoms with Gasteiger partial charge in [0.25, 0.3) is 0 Å². The Balaban J connectivity index is 2.11. The van der Waals surface area contributed by atoms with Gasteiger partial charge in [0.1, 0.15) is 18.2 Å². The van der Waals surface area contributed by atoms with Gasteiger partial charge in [-0.2, -0.15) is 0 Å². The Labute approximate surface area is 119 Å². The summed E-state index contributed by atoms with van der Waals surface area (Å²) in [5.74, 6) is 0.200. The molecule has 0 heterocycles. The van der Waals surface area contributed by atoms with Crippen molar-refractivity contribution < 1.29 is 9.13 Å². The molecule has 0 spiro atoms. The number of alkyl halides is 1. The first-order chi connectivity index (χ1) is 8.69. The average molecular weight is 330 g/mol. The summed E-state index contributed by atoms with van der Waals surface area (Å²) >= 11 is 9.31. The zero-order valence-electron chi connectivity index (χ0n) is 9.50. The maximum absolute atomic E-state index is 13.3. The smallest absolute Gasteiger partial charge is 0.127 e. The SMILES string of the molecule is Fc1cc(CBr)cc(OCc2ccccc2Cl)c1. The first kappa shape index (κ1) is 13.4. The molecule has 0 fully saturated rings. The summed E-state index contributed by atoms with van der Waals surface area (Å²) in [6.45, 7) is 0.324. The molecule has 0 aliphatic carbocycles. The number of benzene rings is 2. The second-order valence-corrected chi connectivity index (χ2v) is 4.78. The second-order valence-electron chi connectivity index (χ2n) is 3.81. The lowest BCUT2D eigenvalue weighted by Crippen LogP contribution is -1.97. The van der Waals surface area contributed by atoms with E-state index in [0.29, 0.717) is 22.7 Å². The van der Waals surface area contributed by atoms with Gasteiger partial charge >= 0.3 is 0 Å². The minimum Gasteiger partial charge on any atom is -0.489 e. The van der Waals surface area contributed by atoms with E-state index in [-0.39, 0.29) is 5.82 Å². The van der Waals surface area contributed by atoms with Gasteiger partial charge in [0.15, 0.2) is 0 Å². The molecule has 0 aliphatic rings. The molecular weight excluding hydrogens is 319 g/mol. The minimum absolute atomic E-state index is 0.305. The predicted molar refractivity (Wildman–Crippen MR) is 74.8 cm³/mol. The van der Waals surface area contributed by atoms with Gasteiger partial charge in [0.05, 0.1) is 0 Å². The molecular formula is C14H11BrClFO. The van der Waals surface area contributed by atoms with Crippen LogP contribution in [0.3, 0.4) is 0 Å². The monoisotopic (exact) mass is 328 g/mol. The van der Waals surface area contributed by atoms with Crippen LogP contribution in [0.4, 0.5) is 4.39 Å². The Kier molecular flexibility index (Phi) is 4.61. The van der Waals surface area contributed by atoms with Crippen molar-refractivity contribution in [2.24, 2.45) is 0 Å². The highest BCUT2D eigenvalue weighted by Gasteiger charge is 2.03. The number of rotatable bonds is 4. The Morgan fingerprint density at radius 1 is 1.17 bits per heavy atom. The van der Waals surface area contributed by atoms with Crippen LogP contribution in [0, 0.1) is 5.82 Å². The third-order valence-corrected chi connectivity index (χ3v) is 3.45. The lowest BCUT2D eigenvalue weighted by molar-refractivity contribution is 0.304. The maximum atomic E-state index is 13.3. The Morgan fingerprint density at radius 3 is 2.67 bits per heavy atom. The van der Waals surface area contributed by atoms with Crippen LogP contribution in [0.25, 0.3) is 0 Å². The molecule has 94 valence electrons. The molecule has 2 aromatic carbocycles. The van der Waals surface area contributed by atoms with Crippen LogP contribution in [-0.2, 0) is 11.9 Å². The van der Waals surface area contributed by atoms with Crippen molar-refractivity contribution in [3.63, 3.8) is 0 Å². The van der Waals surface area contributed by atoms with Crippen LogP contribution in [0.15, 0.2) is 42.5 Å². The molecule has 0 bridgehead atoms. The minimum atomic E-state index is -0.305. The summed E-state index contributed by atoms with van der Waals surface area (Å²) in [5.41, 5.74) is 1.72. The van der Waals surface area contributed by atoms with Crippen molar-refractivity contribution in [3.05, 3.63) is 64.4 Å². The summed E-state index contributed by atoms with van der Waals surface area (Å²) in [5, 5.41) is 1.24. The summed E-state index contributed by atoms with van der Waals surface area (Å²) in [6, 6.07) is 12.1. The van der Waals surface area contributed by atoms with Crippen LogP contribution < -0.4 is 4.74 Å². The van der Waals surface area contributed by atoms with Gasteiger partial charge < -0.3 is 4.74 Å². The Bertz CT molecular complexity index is 545. The van der Waals surface area contributed by atoms with Crippen molar-refractivity contribution in [2.75, 3.05) is 0 Å². The zero-order valence-corrected chi connectivity index (χ0v) is 11.8. The molecule has 2 aromatic rings. The molecule has 0 N–H and O–H groups in total. The molecule has 0 aliphatic heterocycles. The van der Waals surface area contributed by atoms with E-state index in [4.69, 9.17) is 16.3 Å². The molecule has 0 saturated heterocycles. The quantitative estimate of drug-likeness (QED) is 0.721. The summed E-state index contributed by atoms with van der Waals surface area (Å²) in [7, 11) is 0. The lowest BCUT2D eigenvalue weighted by atomic mass is 10.2. The maximum Gasteiger partial charge on any atom is 0.127 e. The fraction of sp³-hybridized carbons (Fsp3) is 0.143. The average Bonchev–Trinajstić information content (AvgIpc) is 2.37. The number of ether oxygens (including phenoxy) is 1. The van der Waals surface area contributed by atoms with Gasteiger partial charge in [-0.3, -0.25) is 0 Å². The van der Waals surface area contributed by atoms with Crippen LogP contribution >= 0.6 is 27.5 Å². The van der Waals surface area contributed by atoms with Gasteiger partial charge in [-0.25, -0.2) is 4.39 Å². The van der Waals surface area contributed by atoms with E-state index in [2.05, 4.69) is 15.9 Å². The summed E-state index contributed by atoms with van der Waals surface area (Å²) < 4.78 is 18.8. The van der Waals surface area contributed by atoms with Crippen molar-refractivity contribution in [1.82, 2.24) is 0 Å². The fourth-order valence-corrected chi connectivity index (χ4v) is 2.07. The third kappa shape index (κ3) is 3.47. The number of halogens is 3. The molecule has 0 radical (unpaired) electrons. The van der Waals surface area contributed by atoms with Crippen molar-refractivity contribution in [2.45, 2.75) is 11.9 Å². The lowest BCUT2D eigenvalue weighted by Gasteiger charge is -2.09. The zero-order chi connectivity index (χ0) is 13.0. The van der Waals surface area contributed by atoms with E-state index < -0.39 is 0 Å². The van der Waals surface area contributed by atoms with E-state index in [9.17, 15) is 4.39 Å². The topological polar surface area (TPSA) is 9.23 Å². The van der Waals surface area contributed by atoms with Crippen LogP contribution in [0.1, 0.15) is 11.1 Å². The van der Waals surface area contributed by atoms with E-state index in [1.54, 1.807) is 12.1 Å². The van der Waals surface area contributed by atoms with Gasteiger partial charge in [0, 0.05) is 22.0 Å². The normalized spacial score (nSPS) is 10.4. The highest BCUT2D eigenvalue weighted by molar-refractivity contribution is 9.08. The highest BCUT2D eigenvalue weighted by atomic mass is 79.9. The van der Waals surface area contributed by atoms with E-state index in [1.165, 1.54) is 12.1 Å². The summed E-state index contributed by atoms with van der Waals surface area (Å²) in [4.78, 5) is 0. The van der Waals surface area contributed by atoms with E-state index >= 15 is 0 Å². The molecule has 18 heavy (non-hydrogen) atoms. The molecule has 4 heteroatoms. The summed E-state index contributed by atoms with van der Waals surface area (Å²) in [6.07, 6.45) is 0. The third-order valence-electron chi connectivity index (χ3n) is 2.44. The molecule has 1 nitrogen and oxygen atoms in total. The Hall–Kier alpha value is -1.06. The van der Waals surface area contributed by atoms with Gasteiger partial charge in [-0.05, 0) is 23.8 Å². The Morgan fingerprint density at radius 2 is 1.94 bits per heavy atom. The molecule has 0 aromatic heterocycles. The van der Waals surface area contributed by atoms with E-state index in [0.717, 1.165) is 11.1 Å². The van der Waals surface area contributed by atoms with Gasteiger partial charge in [-0.15, -0.1) is 0 Å². The van der Waals surface area contributed by atoms with Gasteiger partial charge in [0.2, 0.25) is 0 Å². The van der Waals surface area contributed by atoms with Crippen molar-refractivity contribution in [1.29, 1.82) is 0 Å². The van der Waals surface area contributed by atoms with E-state index in [1.807, 2.05) is 18.2 Å². The largest absolute Gasteiger partial charge is 0.489 e. The van der Waals surface area contributed by atoms with Gasteiger partial charge in [-0.1, -0.05) is 45.7 Å². The highest BCUT2D eigenvalue weighted by Crippen LogP contribution is 2.21. The number of hydrogen-bond acceptors (Lipinski definition) is 1. The van der Waals surface area contributed by atoms with Crippen LogP contribution in [0.5, 0.6) is 5.75 Å². The standard InChI is InChI=1S/C14H11BrClFO/c15-8-10-5-12(17)7-13(6-10)18-9-11-3-1-2-4-14(11)16/h1-7H,8-9H2. The molecule has 2 rings (SSSR count). The molecule has 0 saturated carbocycles. The molecule has 0 unspecified atom stereocenters. The predicted octanol–water partition coefficient (Wildman–Crippen LogP) is 4.95. The number of hydrogen-bond donors (Lipinski definition) is 0. The first-order valence-electron chi connectivity index (χ1n) is 5.40. The van der Waals surface area contributed by atoms with Crippen molar-refractivity contribution >= 4 is 27.5 Å². The molecule has 0 amide bonds.